The fraction of sp³-hybridized carbons (Fsp3) is 0.400. The smallest absolute Gasteiger partial charge is 0.208 e. The summed E-state index contributed by atoms with van der Waals surface area (Å²) in [7, 11) is 0. The van der Waals surface area contributed by atoms with Crippen molar-refractivity contribution in [3.8, 4) is 28.0 Å². The number of aromatic nitrogens is 5. The number of nitriles is 1. The van der Waals surface area contributed by atoms with E-state index in [0.29, 0.717) is 23.4 Å². The molecule has 2 aliphatic rings. The van der Waals surface area contributed by atoms with Crippen LogP contribution in [0.2, 0.25) is 0 Å². The third-order valence-electron chi connectivity index (χ3n) is 7.06. The van der Waals surface area contributed by atoms with E-state index in [-0.39, 0.29) is 18.4 Å². The van der Waals surface area contributed by atoms with Gasteiger partial charge in [-0.3, -0.25) is 4.98 Å². The average Bonchev–Trinajstić information content (AvgIpc) is 3.54. The van der Waals surface area contributed by atoms with Crippen molar-refractivity contribution in [1.82, 2.24) is 24.8 Å². The highest BCUT2D eigenvalue weighted by Crippen LogP contribution is 2.40. The van der Waals surface area contributed by atoms with E-state index in [1.807, 2.05) is 30.5 Å². The topological polar surface area (TPSA) is 121 Å². The zero-order valence-electron chi connectivity index (χ0n) is 20.1. The van der Waals surface area contributed by atoms with Crippen LogP contribution in [0.4, 0.5) is 10.8 Å². The van der Waals surface area contributed by atoms with Gasteiger partial charge in [0.05, 0.1) is 34.2 Å². The molecule has 4 aromatic rings. The van der Waals surface area contributed by atoms with E-state index in [1.54, 1.807) is 22.0 Å². The normalized spacial score (nSPS) is 21.0. The number of nitrogens with zero attached hydrogens (tertiary/aromatic N) is 7. The van der Waals surface area contributed by atoms with Gasteiger partial charge in [-0.2, -0.15) is 10.4 Å². The van der Waals surface area contributed by atoms with Gasteiger partial charge >= 0.3 is 0 Å². The van der Waals surface area contributed by atoms with Crippen LogP contribution < -0.4 is 16.0 Å². The van der Waals surface area contributed by atoms with E-state index < -0.39 is 0 Å². The van der Waals surface area contributed by atoms with Gasteiger partial charge in [-0.15, -0.1) is 22.6 Å². The Labute approximate surface area is 219 Å². The van der Waals surface area contributed by atoms with Gasteiger partial charge in [0.2, 0.25) is 5.13 Å². The quantitative estimate of drug-likeness (QED) is 0.400. The van der Waals surface area contributed by atoms with Crippen LogP contribution in [0, 0.1) is 23.2 Å². The molecule has 1 aliphatic heterocycles. The standard InChI is InChI=1S/C25H27N9S.ClH/c1-14(2)30-20-8-21(22-6-5-18-7-15(9-26)10-29-34(18)22)28-11-19(20)24-31-32-25(35-24)33-12-16-3-4-17(13-33)23(16)27;/h5-8,10-11,14,16-17,23H,3-4,12-13,27H2,1-2H3,(H,28,30);1H/t16-,17+,23+;. The van der Waals surface area contributed by atoms with Crippen LogP contribution >= 0.6 is 23.7 Å². The van der Waals surface area contributed by atoms with E-state index in [2.05, 4.69) is 45.4 Å². The SMILES string of the molecule is CC(C)Nc1cc(-c2ccc3cc(C#N)cnn23)ncc1-c1nnc(N2C[C@H]3CC[C@@H](C2)[C@H]3N)s1.Cl. The van der Waals surface area contributed by atoms with Crippen LogP contribution in [0.25, 0.3) is 27.5 Å². The second kappa shape index (κ2) is 9.65. The highest BCUT2D eigenvalue weighted by molar-refractivity contribution is 7.18. The second-order valence-electron chi connectivity index (χ2n) is 9.80. The van der Waals surface area contributed by atoms with Gasteiger partial charge in [0.15, 0.2) is 5.01 Å². The van der Waals surface area contributed by atoms with Gasteiger partial charge in [-0.05, 0) is 62.8 Å². The summed E-state index contributed by atoms with van der Waals surface area (Å²) in [5.41, 5.74) is 11.3. The number of piperidine rings is 1. The number of hydrogen-bond acceptors (Lipinski definition) is 9. The van der Waals surface area contributed by atoms with Crippen molar-refractivity contribution in [3.63, 3.8) is 0 Å². The molecule has 5 heterocycles. The molecular formula is C25H28ClN9S. The Hall–Kier alpha value is -3.26. The number of nitrogens with two attached hydrogens (primary N) is 1. The highest BCUT2D eigenvalue weighted by atomic mass is 35.5. The molecule has 2 fully saturated rings. The number of hydrogen-bond donors (Lipinski definition) is 2. The summed E-state index contributed by atoms with van der Waals surface area (Å²) >= 11 is 1.61. The van der Waals surface area contributed by atoms with Gasteiger partial charge in [0.25, 0.3) is 0 Å². The second-order valence-corrected chi connectivity index (χ2v) is 10.8. The molecule has 2 bridgehead atoms. The van der Waals surface area contributed by atoms with Crippen molar-refractivity contribution in [1.29, 1.82) is 5.26 Å². The summed E-state index contributed by atoms with van der Waals surface area (Å²) in [5, 5.41) is 28.1. The number of halogens is 1. The summed E-state index contributed by atoms with van der Waals surface area (Å²) in [6.45, 7) is 6.14. The molecule has 0 radical (unpaired) electrons. The molecule has 3 N–H and O–H groups in total. The Morgan fingerprint density at radius 3 is 2.64 bits per heavy atom. The maximum Gasteiger partial charge on any atom is 0.208 e. The predicted molar refractivity (Wildman–Crippen MR) is 144 cm³/mol. The number of rotatable bonds is 5. The fourth-order valence-corrected chi connectivity index (χ4v) is 6.21. The minimum Gasteiger partial charge on any atom is -0.382 e. The monoisotopic (exact) mass is 521 g/mol. The molecule has 0 amide bonds. The third-order valence-corrected chi connectivity index (χ3v) is 8.08. The summed E-state index contributed by atoms with van der Waals surface area (Å²) < 4.78 is 1.81. The lowest BCUT2D eigenvalue weighted by Crippen LogP contribution is -2.48. The lowest BCUT2D eigenvalue weighted by molar-refractivity contribution is 0.356. The van der Waals surface area contributed by atoms with Crippen molar-refractivity contribution in [3.05, 3.63) is 42.2 Å². The Morgan fingerprint density at radius 2 is 1.92 bits per heavy atom. The van der Waals surface area contributed by atoms with Crippen LogP contribution in [-0.4, -0.2) is 50.0 Å². The van der Waals surface area contributed by atoms with E-state index in [4.69, 9.17) is 16.0 Å². The van der Waals surface area contributed by atoms with Crippen molar-refractivity contribution in [2.75, 3.05) is 23.3 Å². The zero-order valence-corrected chi connectivity index (χ0v) is 21.8. The molecule has 1 aliphatic carbocycles. The third kappa shape index (κ3) is 4.28. The van der Waals surface area contributed by atoms with Gasteiger partial charge in [0.1, 0.15) is 6.07 Å². The zero-order chi connectivity index (χ0) is 24.1. The first-order valence-electron chi connectivity index (χ1n) is 12.0. The van der Waals surface area contributed by atoms with Crippen LogP contribution in [0.1, 0.15) is 32.3 Å². The maximum atomic E-state index is 9.17. The average molecular weight is 522 g/mol. The molecular weight excluding hydrogens is 494 g/mol. The minimum atomic E-state index is 0. The molecule has 3 atom stereocenters. The molecule has 0 aromatic carbocycles. The molecule has 4 aromatic heterocycles. The molecule has 36 heavy (non-hydrogen) atoms. The predicted octanol–water partition coefficient (Wildman–Crippen LogP) is 4.20. The van der Waals surface area contributed by atoms with Crippen LogP contribution in [0.5, 0.6) is 0 Å². The fourth-order valence-electron chi connectivity index (χ4n) is 5.32. The largest absolute Gasteiger partial charge is 0.382 e. The molecule has 0 unspecified atom stereocenters. The highest BCUT2D eigenvalue weighted by Gasteiger charge is 2.40. The van der Waals surface area contributed by atoms with Gasteiger partial charge < -0.3 is 16.0 Å². The van der Waals surface area contributed by atoms with Crippen molar-refractivity contribution in [2.24, 2.45) is 17.6 Å². The number of pyridine rings is 1. The first-order chi connectivity index (χ1) is 17.0. The van der Waals surface area contributed by atoms with E-state index in [1.165, 1.54) is 12.8 Å². The van der Waals surface area contributed by atoms with Gasteiger partial charge in [0, 0.05) is 37.1 Å². The summed E-state index contributed by atoms with van der Waals surface area (Å²) in [6, 6.07) is 10.5. The summed E-state index contributed by atoms with van der Waals surface area (Å²) in [4.78, 5) is 7.13. The van der Waals surface area contributed by atoms with Crippen LogP contribution in [0.3, 0.4) is 0 Å². The molecule has 1 saturated carbocycles. The number of anilines is 2. The number of nitrogens with one attached hydrogen (secondary N) is 1. The molecule has 9 nitrogen and oxygen atoms in total. The molecule has 1 saturated heterocycles. The van der Waals surface area contributed by atoms with Crippen LogP contribution in [-0.2, 0) is 0 Å². The van der Waals surface area contributed by atoms with Gasteiger partial charge in [-0.1, -0.05) is 11.3 Å². The Bertz CT molecular complexity index is 1430. The van der Waals surface area contributed by atoms with E-state index in [0.717, 1.165) is 51.4 Å². The lowest BCUT2D eigenvalue weighted by Gasteiger charge is -2.35. The summed E-state index contributed by atoms with van der Waals surface area (Å²) in [6.07, 6.45) is 5.86. The summed E-state index contributed by atoms with van der Waals surface area (Å²) in [5.74, 6) is 1.10. The molecule has 11 heteroatoms. The molecule has 0 spiro atoms. The Balaban J connectivity index is 0.00000267. The Morgan fingerprint density at radius 1 is 1.14 bits per heavy atom. The Kier molecular flexibility index (Phi) is 6.55. The van der Waals surface area contributed by atoms with E-state index in [9.17, 15) is 0 Å². The first kappa shape index (κ1) is 24.4. The first-order valence-corrected chi connectivity index (χ1v) is 12.8. The maximum absolute atomic E-state index is 9.17. The van der Waals surface area contributed by atoms with E-state index >= 15 is 0 Å². The van der Waals surface area contributed by atoms with Crippen molar-refractivity contribution < 1.29 is 0 Å². The van der Waals surface area contributed by atoms with Crippen LogP contribution in [0.15, 0.2) is 36.7 Å². The molecule has 186 valence electrons. The van der Waals surface area contributed by atoms with Crippen molar-refractivity contribution in [2.45, 2.75) is 38.8 Å². The van der Waals surface area contributed by atoms with Crippen molar-refractivity contribution >= 4 is 40.1 Å². The lowest BCUT2D eigenvalue weighted by atomic mass is 9.93. The number of fused-ring (bicyclic) bond motifs is 3. The minimum absolute atomic E-state index is 0. The van der Waals surface area contributed by atoms with Gasteiger partial charge in [-0.25, -0.2) is 4.52 Å². The molecule has 6 rings (SSSR count).